The molecule has 0 saturated heterocycles. The highest BCUT2D eigenvalue weighted by molar-refractivity contribution is 9.10. The first-order valence-electron chi connectivity index (χ1n) is 7.20. The van der Waals surface area contributed by atoms with E-state index in [1.165, 1.54) is 11.9 Å². The fraction of sp³-hybridized carbons (Fsp3) is 0.533. The minimum Gasteiger partial charge on any atom is -0.355 e. The molecular weight excluding hydrogens is 373 g/mol. The number of aliphatic imine (C=N–C) groups is 1. The topological polar surface area (TPSA) is 39.7 Å². The summed E-state index contributed by atoms with van der Waals surface area (Å²) >= 11 is 3.49. The molecule has 0 bridgehead atoms. The average Bonchev–Trinajstić information content (AvgIpc) is 2.44. The molecule has 0 aliphatic carbocycles. The first kappa shape index (κ1) is 19.8. The lowest BCUT2D eigenvalue weighted by atomic mass is 10.1. The maximum atomic E-state index is 12.3. The van der Waals surface area contributed by atoms with E-state index in [0.29, 0.717) is 12.5 Å². The Morgan fingerprint density at radius 2 is 2.00 bits per heavy atom. The fourth-order valence-electron chi connectivity index (χ4n) is 2.05. The quantitative estimate of drug-likeness (QED) is 0.574. The van der Waals surface area contributed by atoms with Gasteiger partial charge in [0.1, 0.15) is 0 Å². The Balaban J connectivity index is 2.45. The first-order chi connectivity index (χ1) is 10.7. The van der Waals surface area contributed by atoms with Crippen LogP contribution < -0.4 is 10.6 Å². The third-order valence-corrected chi connectivity index (χ3v) is 3.91. The van der Waals surface area contributed by atoms with Gasteiger partial charge in [-0.1, -0.05) is 34.1 Å². The van der Waals surface area contributed by atoms with Crippen molar-refractivity contribution in [3.8, 4) is 0 Å². The molecule has 1 aromatic carbocycles. The molecule has 130 valence electrons. The molecule has 0 amide bonds. The normalized spacial score (nSPS) is 14.0. The molecule has 1 unspecified atom stereocenters. The van der Waals surface area contributed by atoms with Crippen molar-refractivity contribution in [2.75, 3.05) is 33.7 Å². The summed E-state index contributed by atoms with van der Waals surface area (Å²) in [6.07, 6.45) is -4.18. The van der Waals surface area contributed by atoms with Crippen LogP contribution in [-0.2, 0) is 0 Å². The van der Waals surface area contributed by atoms with Crippen LogP contribution in [0.15, 0.2) is 33.7 Å². The van der Waals surface area contributed by atoms with E-state index in [4.69, 9.17) is 0 Å². The lowest BCUT2D eigenvalue weighted by Crippen LogP contribution is -2.43. The molecule has 1 atom stereocenters. The zero-order chi connectivity index (χ0) is 17.5. The van der Waals surface area contributed by atoms with Gasteiger partial charge in [-0.05, 0) is 25.6 Å². The predicted molar refractivity (Wildman–Crippen MR) is 90.6 cm³/mol. The van der Waals surface area contributed by atoms with Crippen LogP contribution in [0.25, 0.3) is 0 Å². The van der Waals surface area contributed by atoms with Crippen LogP contribution in [0.3, 0.4) is 0 Å². The number of benzene rings is 1. The van der Waals surface area contributed by atoms with Crippen LogP contribution in [0.4, 0.5) is 13.2 Å². The van der Waals surface area contributed by atoms with E-state index in [1.54, 1.807) is 7.05 Å². The van der Waals surface area contributed by atoms with E-state index < -0.39 is 12.7 Å². The van der Waals surface area contributed by atoms with Gasteiger partial charge in [-0.25, -0.2) is 0 Å². The number of rotatable bonds is 6. The van der Waals surface area contributed by atoms with Gasteiger partial charge in [-0.15, -0.1) is 0 Å². The number of nitrogens with one attached hydrogen (secondary N) is 2. The van der Waals surface area contributed by atoms with E-state index in [-0.39, 0.29) is 12.6 Å². The summed E-state index contributed by atoms with van der Waals surface area (Å²) in [5.74, 6) is 0.550. The van der Waals surface area contributed by atoms with Crippen molar-refractivity contribution in [2.24, 2.45) is 4.99 Å². The Labute approximate surface area is 143 Å². The number of likely N-dealkylation sites (N-methyl/N-ethyl adjacent to an activating group) is 1. The Hall–Kier alpha value is -1.28. The molecule has 0 saturated carbocycles. The summed E-state index contributed by atoms with van der Waals surface area (Å²) in [6, 6.07) is 7.83. The molecule has 1 aromatic rings. The summed E-state index contributed by atoms with van der Waals surface area (Å²) in [5, 5.41) is 6.23. The smallest absolute Gasteiger partial charge is 0.355 e. The van der Waals surface area contributed by atoms with Gasteiger partial charge in [0.2, 0.25) is 0 Å². The zero-order valence-electron chi connectivity index (χ0n) is 13.4. The van der Waals surface area contributed by atoms with Crippen molar-refractivity contribution in [1.82, 2.24) is 15.5 Å². The third kappa shape index (κ3) is 7.69. The number of guanidine groups is 1. The average molecular weight is 395 g/mol. The Morgan fingerprint density at radius 1 is 1.35 bits per heavy atom. The van der Waals surface area contributed by atoms with Crippen LogP contribution >= 0.6 is 15.9 Å². The van der Waals surface area contributed by atoms with Gasteiger partial charge in [0.15, 0.2) is 5.96 Å². The van der Waals surface area contributed by atoms with Gasteiger partial charge < -0.3 is 10.6 Å². The van der Waals surface area contributed by atoms with Crippen molar-refractivity contribution < 1.29 is 13.2 Å². The lowest BCUT2D eigenvalue weighted by molar-refractivity contribution is -0.142. The van der Waals surface area contributed by atoms with Gasteiger partial charge in [-0.2, -0.15) is 13.2 Å². The maximum Gasteiger partial charge on any atom is 0.401 e. The molecule has 0 aliphatic rings. The summed E-state index contributed by atoms with van der Waals surface area (Å²) in [7, 11) is 3.07. The molecule has 0 radical (unpaired) electrons. The summed E-state index contributed by atoms with van der Waals surface area (Å²) in [5.41, 5.74) is 1.07. The minimum absolute atomic E-state index is 0.00433. The molecule has 23 heavy (non-hydrogen) atoms. The van der Waals surface area contributed by atoms with Gasteiger partial charge in [0.05, 0.1) is 12.6 Å². The van der Waals surface area contributed by atoms with Crippen LogP contribution in [0.5, 0.6) is 0 Å². The number of hydrogen-bond donors (Lipinski definition) is 2. The van der Waals surface area contributed by atoms with Gasteiger partial charge in [0.25, 0.3) is 0 Å². The van der Waals surface area contributed by atoms with Gasteiger partial charge in [-0.3, -0.25) is 9.89 Å². The molecule has 4 nitrogen and oxygen atoms in total. The van der Waals surface area contributed by atoms with Crippen molar-refractivity contribution >= 4 is 21.9 Å². The van der Waals surface area contributed by atoms with Crippen LogP contribution in [0.1, 0.15) is 18.5 Å². The molecule has 0 fully saturated rings. The minimum atomic E-state index is -4.18. The van der Waals surface area contributed by atoms with Crippen molar-refractivity contribution in [2.45, 2.75) is 19.1 Å². The SMILES string of the molecule is CN=C(NCCN(C)CC(F)(F)F)NC(C)c1ccccc1Br. The van der Waals surface area contributed by atoms with E-state index >= 15 is 0 Å². The summed E-state index contributed by atoms with van der Waals surface area (Å²) in [6.45, 7) is 1.70. The second-order valence-electron chi connectivity index (χ2n) is 5.24. The Kier molecular flexibility index (Phi) is 7.84. The van der Waals surface area contributed by atoms with E-state index in [9.17, 15) is 13.2 Å². The second-order valence-corrected chi connectivity index (χ2v) is 6.09. The van der Waals surface area contributed by atoms with Gasteiger partial charge >= 0.3 is 6.18 Å². The second kappa shape index (κ2) is 9.12. The van der Waals surface area contributed by atoms with Crippen molar-refractivity contribution in [3.05, 3.63) is 34.3 Å². The van der Waals surface area contributed by atoms with Crippen LogP contribution in [0, 0.1) is 0 Å². The van der Waals surface area contributed by atoms with E-state index in [1.807, 2.05) is 31.2 Å². The standard InChI is InChI=1S/C15H22BrF3N4/c1-11(12-6-4-5-7-13(12)16)22-14(20-2)21-8-9-23(3)10-15(17,18)19/h4-7,11H,8-10H2,1-3H3,(H2,20,21,22). The summed E-state index contributed by atoms with van der Waals surface area (Å²) in [4.78, 5) is 5.31. The first-order valence-corrected chi connectivity index (χ1v) is 7.99. The largest absolute Gasteiger partial charge is 0.401 e. The van der Waals surface area contributed by atoms with Crippen molar-refractivity contribution in [1.29, 1.82) is 0 Å². The number of hydrogen-bond acceptors (Lipinski definition) is 2. The Bertz CT molecular complexity index is 520. The number of alkyl halides is 3. The molecule has 0 heterocycles. The molecule has 8 heteroatoms. The predicted octanol–water partition coefficient (Wildman–Crippen LogP) is 3.17. The number of halogens is 4. The molecule has 1 rings (SSSR count). The van der Waals surface area contributed by atoms with E-state index in [2.05, 4.69) is 31.6 Å². The Morgan fingerprint density at radius 3 is 2.57 bits per heavy atom. The van der Waals surface area contributed by atoms with Crippen LogP contribution in [-0.4, -0.2) is 50.8 Å². The van der Waals surface area contributed by atoms with Crippen molar-refractivity contribution in [3.63, 3.8) is 0 Å². The zero-order valence-corrected chi connectivity index (χ0v) is 15.0. The lowest BCUT2D eigenvalue weighted by Gasteiger charge is -2.21. The number of nitrogens with zero attached hydrogens (tertiary/aromatic N) is 2. The highest BCUT2D eigenvalue weighted by atomic mass is 79.9. The highest BCUT2D eigenvalue weighted by Crippen LogP contribution is 2.22. The monoisotopic (exact) mass is 394 g/mol. The summed E-state index contributed by atoms with van der Waals surface area (Å²) < 4.78 is 37.7. The molecular formula is C15H22BrF3N4. The molecule has 0 aromatic heterocycles. The van der Waals surface area contributed by atoms with E-state index in [0.717, 1.165) is 10.0 Å². The fourth-order valence-corrected chi connectivity index (χ4v) is 2.68. The van der Waals surface area contributed by atoms with Crippen LogP contribution in [0.2, 0.25) is 0 Å². The molecule has 0 spiro atoms. The molecule has 0 aliphatic heterocycles. The van der Waals surface area contributed by atoms with Gasteiger partial charge in [0, 0.05) is 24.6 Å². The molecule has 2 N–H and O–H groups in total. The third-order valence-electron chi connectivity index (χ3n) is 3.18. The maximum absolute atomic E-state index is 12.3. The highest BCUT2D eigenvalue weighted by Gasteiger charge is 2.28.